The molecule has 194 valence electrons. The quantitative estimate of drug-likeness (QED) is 0.229. The zero-order chi connectivity index (χ0) is 26.6. The molecule has 9 heteroatoms. The predicted octanol–water partition coefficient (Wildman–Crippen LogP) is 6.42. The van der Waals surface area contributed by atoms with Gasteiger partial charge >= 0.3 is 0 Å². The Morgan fingerprint density at radius 2 is 1.97 bits per heavy atom. The fourth-order valence-electron chi connectivity index (χ4n) is 4.61. The van der Waals surface area contributed by atoms with E-state index in [1.165, 1.54) is 0 Å². The molecule has 4 aromatic rings. The minimum atomic E-state index is -0.283. The van der Waals surface area contributed by atoms with Crippen molar-refractivity contribution in [3.63, 3.8) is 0 Å². The molecule has 2 N–H and O–H groups in total. The van der Waals surface area contributed by atoms with Gasteiger partial charge in [0, 0.05) is 29.2 Å². The van der Waals surface area contributed by atoms with Crippen LogP contribution < -0.4 is 15.4 Å². The molecular weight excluding hydrogens is 564 g/mol. The van der Waals surface area contributed by atoms with E-state index in [2.05, 4.69) is 43.7 Å². The molecule has 1 amide bonds. The summed E-state index contributed by atoms with van der Waals surface area (Å²) in [7, 11) is 1.58. The number of benzene rings is 2. The maximum Gasteiger partial charge on any atom is 0.226 e. The number of halogens is 1. The molecule has 1 aliphatic rings. The second-order valence-electron chi connectivity index (χ2n) is 9.00. The average molecular weight is 592 g/mol. The lowest BCUT2D eigenvalue weighted by Crippen LogP contribution is -2.32. The number of para-hydroxylation sites is 2. The van der Waals surface area contributed by atoms with Crippen LogP contribution in [0.3, 0.4) is 0 Å². The molecular formula is C29H27BrN4O3S. The molecule has 0 spiro atoms. The molecule has 1 aliphatic heterocycles. The molecule has 5 rings (SSSR count). The van der Waals surface area contributed by atoms with E-state index < -0.39 is 0 Å². The van der Waals surface area contributed by atoms with Crippen molar-refractivity contribution in [2.75, 3.05) is 19.0 Å². The number of nitrogens with zero attached hydrogens (tertiary/aromatic N) is 2. The number of carbonyl (C=O) groups is 1. The van der Waals surface area contributed by atoms with Gasteiger partial charge < -0.3 is 24.7 Å². The Morgan fingerprint density at radius 3 is 2.74 bits per heavy atom. The van der Waals surface area contributed by atoms with Gasteiger partial charge in [0.1, 0.15) is 23.3 Å². The Labute approximate surface area is 235 Å². The van der Waals surface area contributed by atoms with Crippen LogP contribution in [-0.4, -0.2) is 34.6 Å². The first kappa shape index (κ1) is 25.9. The second kappa shape index (κ2) is 11.4. The normalized spacial score (nSPS) is 16.8. The zero-order valence-corrected chi connectivity index (χ0v) is 23.4. The highest BCUT2D eigenvalue weighted by Crippen LogP contribution is 2.41. The van der Waals surface area contributed by atoms with E-state index in [1.807, 2.05) is 72.5 Å². The Balaban J connectivity index is 1.41. The Bertz CT molecular complexity index is 1460. The van der Waals surface area contributed by atoms with Crippen molar-refractivity contribution >= 4 is 44.9 Å². The number of pyridine rings is 1. The molecule has 2 aromatic heterocycles. The Morgan fingerprint density at radius 1 is 1.16 bits per heavy atom. The van der Waals surface area contributed by atoms with Crippen LogP contribution in [0.4, 0.5) is 5.69 Å². The van der Waals surface area contributed by atoms with E-state index in [0.717, 1.165) is 32.8 Å². The van der Waals surface area contributed by atoms with Gasteiger partial charge in [-0.2, -0.15) is 0 Å². The van der Waals surface area contributed by atoms with Crippen LogP contribution in [0.5, 0.6) is 5.75 Å². The van der Waals surface area contributed by atoms with Crippen LogP contribution in [0.1, 0.15) is 35.5 Å². The molecule has 3 heterocycles. The van der Waals surface area contributed by atoms with Crippen LogP contribution in [0.15, 0.2) is 87.9 Å². The molecule has 1 fully saturated rings. The number of rotatable bonds is 8. The topological polar surface area (TPSA) is 79.6 Å². The van der Waals surface area contributed by atoms with Gasteiger partial charge in [-0.1, -0.05) is 40.2 Å². The van der Waals surface area contributed by atoms with Crippen molar-refractivity contribution in [1.29, 1.82) is 0 Å². The van der Waals surface area contributed by atoms with Gasteiger partial charge in [-0.3, -0.25) is 9.78 Å². The maximum atomic E-state index is 12.9. The third-order valence-electron chi connectivity index (χ3n) is 6.47. The Kier molecular flexibility index (Phi) is 7.76. The van der Waals surface area contributed by atoms with Gasteiger partial charge in [-0.15, -0.1) is 0 Å². The van der Waals surface area contributed by atoms with Gasteiger partial charge in [0.25, 0.3) is 0 Å². The highest BCUT2D eigenvalue weighted by Gasteiger charge is 2.41. The summed E-state index contributed by atoms with van der Waals surface area (Å²) in [5.41, 5.74) is 3.60. The van der Waals surface area contributed by atoms with Crippen molar-refractivity contribution < 1.29 is 13.9 Å². The van der Waals surface area contributed by atoms with Gasteiger partial charge in [0.05, 0.1) is 24.5 Å². The largest absolute Gasteiger partial charge is 0.495 e. The minimum absolute atomic E-state index is 0.138. The molecule has 0 unspecified atom stereocenters. The van der Waals surface area contributed by atoms with E-state index in [-0.39, 0.29) is 24.4 Å². The number of nitrogens with one attached hydrogen (secondary N) is 2. The van der Waals surface area contributed by atoms with Crippen LogP contribution in [0, 0.1) is 6.92 Å². The smallest absolute Gasteiger partial charge is 0.226 e. The fraction of sp³-hybridized carbons (Fsp3) is 0.207. The SMILES string of the molecule is COc1ccccc1NC(=O)CCN1C(=S)N[C@@H](c2ccccn2)[C@H]1c1ccc(-c2ccc(C)cc2Br)o1. The third-order valence-corrected chi connectivity index (χ3v) is 7.48. The molecule has 2 aromatic carbocycles. The number of hydrogen-bond acceptors (Lipinski definition) is 5. The van der Waals surface area contributed by atoms with Crippen molar-refractivity contribution in [3.8, 4) is 17.1 Å². The number of aromatic nitrogens is 1. The van der Waals surface area contributed by atoms with Crippen LogP contribution >= 0.6 is 28.1 Å². The summed E-state index contributed by atoms with van der Waals surface area (Å²) >= 11 is 9.40. The van der Waals surface area contributed by atoms with Crippen molar-refractivity contribution in [2.24, 2.45) is 0 Å². The van der Waals surface area contributed by atoms with Crippen LogP contribution in [0.25, 0.3) is 11.3 Å². The molecule has 0 bridgehead atoms. The number of anilines is 1. The van der Waals surface area contributed by atoms with Gasteiger partial charge in [-0.05, 0) is 73.2 Å². The molecule has 0 aliphatic carbocycles. The highest BCUT2D eigenvalue weighted by atomic mass is 79.9. The van der Waals surface area contributed by atoms with Crippen molar-refractivity contribution in [1.82, 2.24) is 15.2 Å². The number of thiocarbonyl (C=S) groups is 1. The van der Waals surface area contributed by atoms with Gasteiger partial charge in [0.15, 0.2) is 5.11 Å². The zero-order valence-electron chi connectivity index (χ0n) is 21.0. The van der Waals surface area contributed by atoms with Crippen molar-refractivity contribution in [2.45, 2.75) is 25.4 Å². The van der Waals surface area contributed by atoms with Gasteiger partial charge in [-0.25, -0.2) is 0 Å². The lowest BCUT2D eigenvalue weighted by atomic mass is 10.0. The summed E-state index contributed by atoms with van der Waals surface area (Å²) in [6, 6.07) is 22.7. The first-order chi connectivity index (χ1) is 18.4. The Hall–Kier alpha value is -3.69. The summed E-state index contributed by atoms with van der Waals surface area (Å²) in [4.78, 5) is 19.5. The lowest BCUT2D eigenvalue weighted by molar-refractivity contribution is -0.116. The second-order valence-corrected chi connectivity index (χ2v) is 10.2. The number of aryl methyl sites for hydroxylation is 1. The summed E-state index contributed by atoms with van der Waals surface area (Å²) < 4.78 is 12.7. The molecule has 0 radical (unpaired) electrons. The molecule has 1 saturated heterocycles. The number of furan rings is 1. The van der Waals surface area contributed by atoms with Crippen molar-refractivity contribution in [3.05, 3.63) is 100 Å². The third kappa shape index (κ3) is 5.44. The first-order valence-electron chi connectivity index (χ1n) is 12.2. The molecule has 0 saturated carbocycles. The number of carbonyl (C=O) groups excluding carboxylic acids is 1. The van der Waals surface area contributed by atoms with E-state index >= 15 is 0 Å². The number of amides is 1. The lowest BCUT2D eigenvalue weighted by Gasteiger charge is -2.26. The van der Waals surface area contributed by atoms with E-state index in [0.29, 0.717) is 23.1 Å². The first-order valence-corrected chi connectivity index (χ1v) is 13.4. The number of methoxy groups -OCH3 is 1. The van der Waals surface area contributed by atoms with Crippen LogP contribution in [-0.2, 0) is 4.79 Å². The number of hydrogen-bond donors (Lipinski definition) is 2. The summed E-state index contributed by atoms with van der Waals surface area (Å²) in [5, 5.41) is 6.89. The average Bonchev–Trinajstić information content (AvgIpc) is 3.52. The molecule has 38 heavy (non-hydrogen) atoms. The standard InChI is InChI=1S/C29H27BrN4O3S/c1-18-10-11-19(20(30)17-18)23-12-13-25(37-23)28-27(22-8-5-6-15-31-22)33-29(38)34(28)16-14-26(35)32-21-7-3-4-9-24(21)36-2/h3-13,15,17,27-28H,14,16H2,1-2H3,(H,32,35)(H,33,38)/t27-,28+/m0/s1. The fourth-order valence-corrected chi connectivity index (χ4v) is 5.63. The highest BCUT2D eigenvalue weighted by molar-refractivity contribution is 9.10. The number of ether oxygens (including phenoxy) is 1. The molecule has 7 nitrogen and oxygen atoms in total. The summed E-state index contributed by atoms with van der Waals surface area (Å²) in [6.45, 7) is 2.44. The van der Waals surface area contributed by atoms with E-state index in [4.69, 9.17) is 21.4 Å². The maximum absolute atomic E-state index is 12.9. The predicted molar refractivity (Wildman–Crippen MR) is 155 cm³/mol. The molecule has 2 atom stereocenters. The van der Waals surface area contributed by atoms with Crippen LogP contribution in [0.2, 0.25) is 0 Å². The monoisotopic (exact) mass is 590 g/mol. The summed E-state index contributed by atoms with van der Waals surface area (Å²) in [5.74, 6) is 1.96. The van der Waals surface area contributed by atoms with E-state index in [1.54, 1.807) is 13.3 Å². The van der Waals surface area contributed by atoms with E-state index in [9.17, 15) is 4.79 Å². The van der Waals surface area contributed by atoms with Gasteiger partial charge in [0.2, 0.25) is 5.91 Å². The summed E-state index contributed by atoms with van der Waals surface area (Å²) in [6.07, 6.45) is 1.99. The minimum Gasteiger partial charge on any atom is -0.495 e.